The maximum absolute atomic E-state index is 12.8. The van der Waals surface area contributed by atoms with Crippen LogP contribution in [0.3, 0.4) is 0 Å². The second-order valence-electron chi connectivity index (χ2n) is 7.71. The smallest absolute Gasteiger partial charge is 0.333 e. The van der Waals surface area contributed by atoms with E-state index in [2.05, 4.69) is 16.8 Å². The molecule has 2 N–H and O–H groups in total. The van der Waals surface area contributed by atoms with Gasteiger partial charge in [-0.3, -0.25) is 4.79 Å². The predicted octanol–water partition coefficient (Wildman–Crippen LogP) is 5.69. The molecule has 180 valence electrons. The van der Waals surface area contributed by atoms with Crippen molar-refractivity contribution in [3.8, 4) is 11.5 Å². The lowest BCUT2D eigenvalue weighted by Gasteiger charge is -2.24. The summed E-state index contributed by atoms with van der Waals surface area (Å²) in [4.78, 5) is 26.4. The zero-order valence-electron chi connectivity index (χ0n) is 19.6. The molecule has 0 amide bonds. The van der Waals surface area contributed by atoms with Crippen molar-refractivity contribution < 1.29 is 24.5 Å². The first-order valence-corrected chi connectivity index (χ1v) is 11.1. The molecule has 3 aromatic rings. The monoisotopic (exact) mass is 473 g/mol. The molecule has 0 aliphatic carbocycles. The van der Waals surface area contributed by atoms with Gasteiger partial charge in [-0.2, -0.15) is 0 Å². The van der Waals surface area contributed by atoms with Crippen LogP contribution in [0.25, 0.3) is 0 Å². The molecule has 3 rings (SSSR count). The molecule has 0 saturated heterocycles. The summed E-state index contributed by atoms with van der Waals surface area (Å²) < 4.78 is 5.20. The fourth-order valence-corrected chi connectivity index (χ4v) is 3.34. The highest BCUT2D eigenvalue weighted by molar-refractivity contribution is 6.11. The molecule has 0 aromatic heterocycles. The van der Waals surface area contributed by atoms with Crippen molar-refractivity contribution in [2.75, 3.05) is 24.6 Å². The first-order valence-electron chi connectivity index (χ1n) is 11.1. The molecule has 0 unspecified atom stereocenters. The van der Waals surface area contributed by atoms with Crippen LogP contribution in [-0.2, 0) is 9.53 Å². The fourth-order valence-electron chi connectivity index (χ4n) is 3.34. The first-order chi connectivity index (χ1) is 16.8. The summed E-state index contributed by atoms with van der Waals surface area (Å²) in [6.45, 7) is 8.29. The lowest BCUT2D eigenvalue weighted by Crippen LogP contribution is -2.28. The van der Waals surface area contributed by atoms with Gasteiger partial charge in [-0.25, -0.2) is 4.79 Å². The average molecular weight is 474 g/mol. The van der Waals surface area contributed by atoms with E-state index < -0.39 is 17.5 Å². The Morgan fingerprint density at radius 2 is 1.66 bits per heavy atom. The van der Waals surface area contributed by atoms with Gasteiger partial charge in [0.2, 0.25) is 0 Å². The number of nitrogens with zero attached hydrogens (tertiary/aromatic N) is 3. The van der Waals surface area contributed by atoms with Crippen molar-refractivity contribution in [1.29, 1.82) is 0 Å². The Kier molecular flexibility index (Phi) is 8.34. The van der Waals surface area contributed by atoms with Gasteiger partial charge in [-0.15, -0.1) is 10.2 Å². The van der Waals surface area contributed by atoms with Gasteiger partial charge in [0, 0.05) is 17.7 Å². The van der Waals surface area contributed by atoms with E-state index in [1.165, 1.54) is 12.1 Å². The number of hydrogen-bond donors (Lipinski definition) is 2. The second-order valence-corrected chi connectivity index (χ2v) is 7.71. The summed E-state index contributed by atoms with van der Waals surface area (Å²) in [5, 5.41) is 29.3. The number of likely N-dealkylation sites (N-methyl/N-ethyl adjacent to an activating group) is 1. The minimum absolute atomic E-state index is 0.00532. The van der Waals surface area contributed by atoms with Crippen LogP contribution in [0.4, 0.5) is 17.1 Å². The Morgan fingerprint density at radius 1 is 0.971 bits per heavy atom. The number of ketones is 1. The zero-order valence-corrected chi connectivity index (χ0v) is 19.6. The number of benzene rings is 3. The Bertz CT molecular complexity index is 1250. The summed E-state index contributed by atoms with van der Waals surface area (Å²) in [5.74, 6) is -1.63. The molecule has 0 bridgehead atoms. The number of azo groups is 1. The number of carbonyl (C=O) groups is 2. The number of ether oxygens (including phenoxy) is 1. The zero-order chi connectivity index (χ0) is 25.4. The van der Waals surface area contributed by atoms with Crippen LogP contribution >= 0.6 is 0 Å². The quantitative estimate of drug-likeness (QED) is 0.169. The number of anilines is 1. The van der Waals surface area contributed by atoms with Crippen LogP contribution in [-0.4, -0.2) is 41.7 Å². The molecule has 0 fully saturated rings. The van der Waals surface area contributed by atoms with Crippen LogP contribution in [0.1, 0.15) is 29.8 Å². The predicted molar refractivity (Wildman–Crippen MR) is 134 cm³/mol. The van der Waals surface area contributed by atoms with Crippen molar-refractivity contribution in [2.24, 2.45) is 10.2 Å². The molecular weight excluding hydrogens is 446 g/mol. The van der Waals surface area contributed by atoms with Crippen LogP contribution in [0.5, 0.6) is 11.5 Å². The van der Waals surface area contributed by atoms with Crippen molar-refractivity contribution >= 4 is 28.8 Å². The lowest BCUT2D eigenvalue weighted by atomic mass is 10.0. The molecular formula is C27H27N3O5. The largest absolute Gasteiger partial charge is 0.505 e. The van der Waals surface area contributed by atoms with E-state index in [0.717, 1.165) is 5.69 Å². The third-order valence-electron chi connectivity index (χ3n) is 5.22. The number of rotatable bonds is 10. The standard InChI is InChI=1S/C27H27N3O5/c1-4-30(16-17-35-27(34)18(2)3)22-13-9-8-12-21(22)28-29-24-23(31)15-14-20(26(24)33)25(32)19-10-6-5-7-11-19/h5-15,31,33H,2,4,16-17H2,1,3H3. The minimum atomic E-state index is -0.459. The van der Waals surface area contributed by atoms with E-state index in [0.29, 0.717) is 29.9 Å². The van der Waals surface area contributed by atoms with E-state index in [9.17, 15) is 19.8 Å². The topological polar surface area (TPSA) is 112 Å². The number of esters is 1. The summed E-state index contributed by atoms with van der Waals surface area (Å²) in [7, 11) is 0. The van der Waals surface area contributed by atoms with Gasteiger partial charge in [-0.1, -0.05) is 49.0 Å². The van der Waals surface area contributed by atoms with Crippen molar-refractivity contribution in [3.05, 3.63) is 90.0 Å². The fraction of sp³-hybridized carbons (Fsp3) is 0.185. The normalized spacial score (nSPS) is 10.8. The molecule has 0 aliphatic heterocycles. The van der Waals surface area contributed by atoms with Crippen molar-refractivity contribution in [3.63, 3.8) is 0 Å². The third kappa shape index (κ3) is 6.11. The van der Waals surface area contributed by atoms with Gasteiger partial charge in [0.05, 0.1) is 17.8 Å². The van der Waals surface area contributed by atoms with E-state index in [1.807, 2.05) is 24.0 Å². The number of hydrogen-bond acceptors (Lipinski definition) is 8. The highest BCUT2D eigenvalue weighted by atomic mass is 16.5. The Morgan fingerprint density at radius 3 is 2.34 bits per heavy atom. The average Bonchev–Trinajstić information content (AvgIpc) is 2.87. The van der Waals surface area contributed by atoms with Gasteiger partial charge in [0.15, 0.2) is 17.2 Å². The molecule has 8 nitrogen and oxygen atoms in total. The number of para-hydroxylation sites is 1. The molecule has 0 heterocycles. The lowest BCUT2D eigenvalue weighted by molar-refractivity contribution is -0.138. The van der Waals surface area contributed by atoms with Crippen LogP contribution < -0.4 is 4.90 Å². The Labute approximate surface area is 203 Å². The number of phenolic OH excluding ortho intramolecular Hbond substituents is 2. The Balaban J connectivity index is 1.87. The number of carbonyl (C=O) groups excluding carboxylic acids is 2. The molecule has 0 aliphatic rings. The molecule has 3 aromatic carbocycles. The maximum atomic E-state index is 12.8. The summed E-state index contributed by atoms with van der Waals surface area (Å²) in [6.07, 6.45) is 0. The van der Waals surface area contributed by atoms with Gasteiger partial charge in [0.1, 0.15) is 18.0 Å². The molecule has 0 atom stereocenters. The van der Waals surface area contributed by atoms with Crippen LogP contribution in [0.15, 0.2) is 89.1 Å². The molecule has 0 saturated carbocycles. The maximum Gasteiger partial charge on any atom is 0.333 e. The summed E-state index contributed by atoms with van der Waals surface area (Å²) >= 11 is 0. The molecule has 8 heteroatoms. The van der Waals surface area contributed by atoms with Gasteiger partial charge < -0.3 is 19.8 Å². The van der Waals surface area contributed by atoms with E-state index >= 15 is 0 Å². The molecule has 0 spiro atoms. The Hall–Kier alpha value is -4.46. The summed E-state index contributed by atoms with van der Waals surface area (Å²) in [5.41, 5.74) is 1.72. The minimum Gasteiger partial charge on any atom is -0.505 e. The number of phenols is 2. The highest BCUT2D eigenvalue weighted by Gasteiger charge is 2.19. The van der Waals surface area contributed by atoms with Crippen LogP contribution in [0, 0.1) is 0 Å². The van der Waals surface area contributed by atoms with Gasteiger partial charge >= 0.3 is 5.97 Å². The van der Waals surface area contributed by atoms with E-state index in [4.69, 9.17) is 4.74 Å². The van der Waals surface area contributed by atoms with Gasteiger partial charge in [-0.05, 0) is 38.1 Å². The van der Waals surface area contributed by atoms with Crippen molar-refractivity contribution in [2.45, 2.75) is 13.8 Å². The van der Waals surface area contributed by atoms with E-state index in [-0.39, 0.29) is 23.6 Å². The van der Waals surface area contributed by atoms with Gasteiger partial charge in [0.25, 0.3) is 0 Å². The van der Waals surface area contributed by atoms with Crippen molar-refractivity contribution in [1.82, 2.24) is 0 Å². The number of aromatic hydroxyl groups is 2. The van der Waals surface area contributed by atoms with E-state index in [1.54, 1.807) is 49.4 Å². The molecule has 0 radical (unpaired) electrons. The SMILES string of the molecule is C=C(C)C(=O)OCCN(CC)c1ccccc1N=Nc1c(O)ccc(C(=O)c2ccccc2)c1O. The third-order valence-corrected chi connectivity index (χ3v) is 5.22. The highest BCUT2D eigenvalue weighted by Crippen LogP contribution is 2.41. The van der Waals surface area contributed by atoms with Crippen LogP contribution in [0.2, 0.25) is 0 Å². The first kappa shape index (κ1) is 25.2. The summed E-state index contributed by atoms with van der Waals surface area (Å²) in [6, 6.07) is 18.3. The second kappa shape index (κ2) is 11.6. The molecule has 35 heavy (non-hydrogen) atoms.